The SMILES string of the molecule is COC(=O)c1ccc(CNCCCC(=O)NC2CC2)nc1. The van der Waals surface area contributed by atoms with E-state index < -0.39 is 0 Å². The standard InChI is InChI=1S/C15H21N3O3/c1-21-15(20)11-4-5-13(17-9-11)10-16-8-2-3-14(19)18-12-6-7-12/h4-5,9,12,16H,2-3,6-8,10H2,1H3,(H,18,19). The van der Waals surface area contributed by atoms with Gasteiger partial charge in [0.25, 0.3) is 0 Å². The number of hydrogen-bond acceptors (Lipinski definition) is 5. The van der Waals surface area contributed by atoms with Crippen LogP contribution < -0.4 is 10.6 Å². The van der Waals surface area contributed by atoms with E-state index in [1.54, 1.807) is 12.1 Å². The van der Waals surface area contributed by atoms with Gasteiger partial charge in [-0.15, -0.1) is 0 Å². The topological polar surface area (TPSA) is 80.3 Å². The van der Waals surface area contributed by atoms with Gasteiger partial charge in [0.2, 0.25) is 5.91 Å². The Labute approximate surface area is 124 Å². The first-order valence-electron chi connectivity index (χ1n) is 7.22. The lowest BCUT2D eigenvalue weighted by Crippen LogP contribution is -2.26. The Morgan fingerprint density at radius 1 is 1.38 bits per heavy atom. The normalized spacial score (nSPS) is 13.8. The van der Waals surface area contributed by atoms with Crippen LogP contribution in [0.1, 0.15) is 41.7 Å². The molecule has 0 radical (unpaired) electrons. The van der Waals surface area contributed by atoms with Crippen LogP contribution in [-0.4, -0.2) is 36.6 Å². The predicted octanol–water partition coefficient (Wildman–Crippen LogP) is 1.02. The van der Waals surface area contributed by atoms with E-state index in [2.05, 4.69) is 20.4 Å². The third-order valence-electron chi connectivity index (χ3n) is 3.25. The number of amides is 1. The molecule has 0 spiro atoms. The number of carbonyl (C=O) groups excluding carboxylic acids is 2. The van der Waals surface area contributed by atoms with E-state index in [1.807, 2.05) is 0 Å². The summed E-state index contributed by atoms with van der Waals surface area (Å²) in [7, 11) is 1.34. The molecule has 6 heteroatoms. The summed E-state index contributed by atoms with van der Waals surface area (Å²) >= 11 is 0. The second-order valence-electron chi connectivity index (χ2n) is 5.15. The van der Waals surface area contributed by atoms with Crippen LogP contribution in [0.5, 0.6) is 0 Å². The number of hydrogen-bond donors (Lipinski definition) is 2. The molecule has 21 heavy (non-hydrogen) atoms. The molecule has 1 fully saturated rings. The van der Waals surface area contributed by atoms with Gasteiger partial charge in [0.1, 0.15) is 0 Å². The number of nitrogens with one attached hydrogen (secondary N) is 2. The lowest BCUT2D eigenvalue weighted by atomic mass is 10.2. The van der Waals surface area contributed by atoms with E-state index in [1.165, 1.54) is 13.3 Å². The summed E-state index contributed by atoms with van der Waals surface area (Å²) in [5, 5.41) is 6.19. The van der Waals surface area contributed by atoms with Crippen molar-refractivity contribution < 1.29 is 14.3 Å². The van der Waals surface area contributed by atoms with Gasteiger partial charge in [-0.1, -0.05) is 0 Å². The molecule has 0 unspecified atom stereocenters. The van der Waals surface area contributed by atoms with Gasteiger partial charge in [-0.25, -0.2) is 4.79 Å². The second-order valence-corrected chi connectivity index (χ2v) is 5.15. The maximum atomic E-state index is 11.5. The molecule has 1 aliphatic rings. The quantitative estimate of drug-likeness (QED) is 0.552. The second kappa shape index (κ2) is 7.73. The van der Waals surface area contributed by atoms with Crippen molar-refractivity contribution >= 4 is 11.9 Å². The number of methoxy groups -OCH3 is 1. The van der Waals surface area contributed by atoms with E-state index in [-0.39, 0.29) is 11.9 Å². The summed E-state index contributed by atoms with van der Waals surface area (Å²) < 4.78 is 4.61. The maximum Gasteiger partial charge on any atom is 0.339 e. The molecule has 1 saturated carbocycles. The van der Waals surface area contributed by atoms with E-state index >= 15 is 0 Å². The zero-order valence-electron chi connectivity index (χ0n) is 12.2. The fourth-order valence-corrected chi connectivity index (χ4v) is 1.89. The van der Waals surface area contributed by atoms with Crippen molar-refractivity contribution in [2.45, 2.75) is 38.3 Å². The van der Waals surface area contributed by atoms with Crippen LogP contribution in [0, 0.1) is 0 Å². The van der Waals surface area contributed by atoms with E-state index in [0.29, 0.717) is 24.6 Å². The first kappa shape index (κ1) is 15.4. The molecule has 1 aliphatic carbocycles. The summed E-state index contributed by atoms with van der Waals surface area (Å²) in [6.45, 7) is 1.38. The fourth-order valence-electron chi connectivity index (χ4n) is 1.89. The summed E-state index contributed by atoms with van der Waals surface area (Å²) in [5.74, 6) is -0.247. The number of carbonyl (C=O) groups is 2. The van der Waals surface area contributed by atoms with Gasteiger partial charge in [0.05, 0.1) is 18.4 Å². The number of rotatable bonds is 8. The number of ether oxygens (including phenoxy) is 1. The molecule has 114 valence electrons. The predicted molar refractivity (Wildman–Crippen MR) is 77.7 cm³/mol. The minimum absolute atomic E-state index is 0.139. The summed E-state index contributed by atoms with van der Waals surface area (Å²) in [6.07, 6.45) is 5.11. The van der Waals surface area contributed by atoms with Gasteiger partial charge < -0.3 is 15.4 Å². The molecular weight excluding hydrogens is 270 g/mol. The first-order chi connectivity index (χ1) is 10.2. The summed E-state index contributed by atoms with van der Waals surface area (Å²) in [5.41, 5.74) is 1.29. The Morgan fingerprint density at radius 3 is 2.81 bits per heavy atom. The molecule has 1 amide bonds. The lowest BCUT2D eigenvalue weighted by Gasteiger charge is -2.06. The molecular formula is C15H21N3O3. The highest BCUT2D eigenvalue weighted by molar-refractivity contribution is 5.88. The highest BCUT2D eigenvalue weighted by Crippen LogP contribution is 2.18. The van der Waals surface area contributed by atoms with Crippen LogP contribution >= 0.6 is 0 Å². The molecule has 2 rings (SSSR count). The minimum atomic E-state index is -0.385. The Bertz CT molecular complexity index is 483. The Morgan fingerprint density at radius 2 is 2.19 bits per heavy atom. The van der Waals surface area contributed by atoms with Crippen LogP contribution in [-0.2, 0) is 16.1 Å². The van der Waals surface area contributed by atoms with Crippen LogP contribution in [0.3, 0.4) is 0 Å². The van der Waals surface area contributed by atoms with Crippen molar-refractivity contribution in [1.29, 1.82) is 0 Å². The first-order valence-corrected chi connectivity index (χ1v) is 7.22. The maximum absolute atomic E-state index is 11.5. The number of aromatic nitrogens is 1. The molecule has 0 aromatic carbocycles. The Kier molecular flexibility index (Phi) is 5.68. The van der Waals surface area contributed by atoms with Crippen LogP contribution in [0.25, 0.3) is 0 Å². The van der Waals surface area contributed by atoms with Crippen molar-refractivity contribution in [3.05, 3.63) is 29.6 Å². The molecule has 0 aliphatic heterocycles. The smallest absolute Gasteiger partial charge is 0.339 e. The van der Waals surface area contributed by atoms with Crippen LogP contribution in [0.2, 0.25) is 0 Å². The highest BCUT2D eigenvalue weighted by atomic mass is 16.5. The Balaban J connectivity index is 1.59. The molecule has 0 saturated heterocycles. The van der Waals surface area contributed by atoms with Crippen molar-refractivity contribution in [3.63, 3.8) is 0 Å². The minimum Gasteiger partial charge on any atom is -0.465 e. The van der Waals surface area contributed by atoms with E-state index in [4.69, 9.17) is 0 Å². The van der Waals surface area contributed by atoms with Gasteiger partial charge in [-0.05, 0) is 37.9 Å². The van der Waals surface area contributed by atoms with E-state index in [0.717, 1.165) is 31.5 Å². The van der Waals surface area contributed by atoms with Crippen LogP contribution in [0.4, 0.5) is 0 Å². The zero-order chi connectivity index (χ0) is 15.1. The largest absolute Gasteiger partial charge is 0.465 e. The average Bonchev–Trinajstić information content (AvgIpc) is 3.30. The molecule has 2 N–H and O–H groups in total. The third kappa shape index (κ3) is 5.51. The van der Waals surface area contributed by atoms with Crippen molar-refractivity contribution in [2.75, 3.05) is 13.7 Å². The molecule has 6 nitrogen and oxygen atoms in total. The van der Waals surface area contributed by atoms with Gasteiger partial charge in [0.15, 0.2) is 0 Å². The molecule has 1 aromatic heterocycles. The zero-order valence-corrected chi connectivity index (χ0v) is 12.2. The highest BCUT2D eigenvalue weighted by Gasteiger charge is 2.22. The lowest BCUT2D eigenvalue weighted by molar-refractivity contribution is -0.121. The van der Waals surface area contributed by atoms with Crippen molar-refractivity contribution in [1.82, 2.24) is 15.6 Å². The molecule has 1 aromatic rings. The van der Waals surface area contributed by atoms with Gasteiger partial charge in [-0.2, -0.15) is 0 Å². The van der Waals surface area contributed by atoms with Crippen molar-refractivity contribution in [3.8, 4) is 0 Å². The number of pyridine rings is 1. The number of nitrogens with zero attached hydrogens (tertiary/aromatic N) is 1. The van der Waals surface area contributed by atoms with Crippen molar-refractivity contribution in [2.24, 2.45) is 0 Å². The molecule has 0 atom stereocenters. The van der Waals surface area contributed by atoms with Gasteiger partial charge >= 0.3 is 5.97 Å². The van der Waals surface area contributed by atoms with Gasteiger partial charge in [-0.3, -0.25) is 9.78 Å². The Hall–Kier alpha value is -1.95. The van der Waals surface area contributed by atoms with Gasteiger partial charge in [0, 0.05) is 25.2 Å². The van der Waals surface area contributed by atoms with E-state index in [9.17, 15) is 9.59 Å². The summed E-state index contributed by atoms with van der Waals surface area (Å²) in [6, 6.07) is 3.92. The monoisotopic (exact) mass is 291 g/mol. The molecule has 1 heterocycles. The third-order valence-corrected chi connectivity index (χ3v) is 3.25. The fraction of sp³-hybridized carbons (Fsp3) is 0.533. The number of esters is 1. The summed E-state index contributed by atoms with van der Waals surface area (Å²) in [4.78, 5) is 26.9. The average molecular weight is 291 g/mol. The van der Waals surface area contributed by atoms with Crippen LogP contribution in [0.15, 0.2) is 18.3 Å². The molecule has 0 bridgehead atoms.